The van der Waals surface area contributed by atoms with Gasteiger partial charge in [0.25, 0.3) is 5.92 Å². The van der Waals surface area contributed by atoms with Crippen LogP contribution in [0.5, 0.6) is 11.6 Å². The van der Waals surface area contributed by atoms with Crippen LogP contribution < -0.4 is 14.8 Å². The predicted octanol–water partition coefficient (Wildman–Crippen LogP) is 5.62. The zero-order valence-corrected chi connectivity index (χ0v) is 25.4. The van der Waals surface area contributed by atoms with E-state index in [-0.39, 0.29) is 36.4 Å². The summed E-state index contributed by atoms with van der Waals surface area (Å²) < 4.78 is 49.2. The molecule has 11 heteroatoms. The van der Waals surface area contributed by atoms with E-state index in [2.05, 4.69) is 10.3 Å². The monoisotopic (exact) mass is 601 g/mol. The molecule has 1 saturated carbocycles. The molecule has 0 radical (unpaired) electrons. The number of rotatable bonds is 3. The first-order valence-corrected chi connectivity index (χ1v) is 15.2. The molecule has 9 nitrogen and oxygen atoms in total. The molecule has 6 atom stereocenters. The summed E-state index contributed by atoms with van der Waals surface area (Å²) in [6, 6.07) is 4.64. The number of carbonyl (C=O) groups is 3. The first-order valence-electron chi connectivity index (χ1n) is 15.2. The van der Waals surface area contributed by atoms with Crippen molar-refractivity contribution in [3.63, 3.8) is 0 Å². The summed E-state index contributed by atoms with van der Waals surface area (Å²) in [5.74, 6) is -3.80. The number of fused-ring (bicyclic) bond motifs is 5. The van der Waals surface area contributed by atoms with Crippen molar-refractivity contribution >= 4 is 29.2 Å². The maximum absolute atomic E-state index is 15.9. The fourth-order valence-corrected chi connectivity index (χ4v) is 6.11. The molecule has 3 aliphatic rings. The molecule has 2 fully saturated rings. The minimum Gasteiger partial charge on any atom is -0.494 e. The van der Waals surface area contributed by atoms with Crippen molar-refractivity contribution in [1.29, 1.82) is 0 Å². The highest BCUT2D eigenvalue weighted by Gasteiger charge is 2.49. The Hall–Kier alpha value is -3.50. The van der Waals surface area contributed by atoms with Crippen molar-refractivity contribution in [3.05, 3.63) is 29.8 Å². The van der Waals surface area contributed by atoms with Crippen LogP contribution in [0.2, 0.25) is 0 Å². The highest BCUT2D eigenvalue weighted by Crippen LogP contribution is 2.43. The SMILES string of the molecule is CCOc1ccc2cc3c(nc2c1)O[C@H]1CN(C(=O)[C@H](C(C)(C)C)NC(=O)O[C@@H]2C[C@H]2CCCCC3(F)F)[C@H](C=O)[C@@H]1C. The van der Waals surface area contributed by atoms with Crippen LogP contribution in [0.3, 0.4) is 0 Å². The van der Waals surface area contributed by atoms with Gasteiger partial charge in [-0.3, -0.25) is 4.79 Å². The summed E-state index contributed by atoms with van der Waals surface area (Å²) >= 11 is 0. The van der Waals surface area contributed by atoms with Crippen LogP contribution >= 0.6 is 0 Å². The fraction of sp³-hybridized carbons (Fsp3) is 0.625. The van der Waals surface area contributed by atoms with Crippen LogP contribution in [0.4, 0.5) is 13.6 Å². The number of amides is 2. The molecule has 1 saturated heterocycles. The number of ether oxygens (including phenoxy) is 3. The van der Waals surface area contributed by atoms with Gasteiger partial charge in [0.2, 0.25) is 11.8 Å². The average molecular weight is 602 g/mol. The maximum Gasteiger partial charge on any atom is 0.408 e. The van der Waals surface area contributed by atoms with E-state index in [9.17, 15) is 14.4 Å². The highest BCUT2D eigenvalue weighted by molar-refractivity contribution is 5.89. The Morgan fingerprint density at radius 3 is 2.63 bits per heavy atom. The van der Waals surface area contributed by atoms with Crippen molar-refractivity contribution < 1.29 is 37.4 Å². The number of hydrogen-bond acceptors (Lipinski definition) is 7. The summed E-state index contributed by atoms with van der Waals surface area (Å²) in [5.41, 5.74) is -0.594. The molecular formula is C32H41F2N3O6. The van der Waals surface area contributed by atoms with E-state index in [4.69, 9.17) is 14.2 Å². The van der Waals surface area contributed by atoms with Crippen molar-refractivity contribution in [3.8, 4) is 11.6 Å². The van der Waals surface area contributed by atoms with Gasteiger partial charge in [0, 0.05) is 23.8 Å². The molecule has 2 aliphatic heterocycles. The molecular weight excluding hydrogens is 560 g/mol. The molecule has 2 aromatic rings. The molecule has 1 aromatic carbocycles. The topological polar surface area (TPSA) is 107 Å². The smallest absolute Gasteiger partial charge is 0.408 e. The first kappa shape index (κ1) is 30.9. The zero-order valence-electron chi connectivity index (χ0n) is 25.4. The number of carbonyl (C=O) groups excluding carboxylic acids is 3. The summed E-state index contributed by atoms with van der Waals surface area (Å²) in [5, 5.41) is 3.26. The fourth-order valence-electron chi connectivity index (χ4n) is 6.11. The Balaban J connectivity index is 1.55. The molecule has 2 bridgehead atoms. The lowest BCUT2D eigenvalue weighted by Gasteiger charge is -2.34. The standard InChI is InChI=1S/C32H41F2N3O6/c1-6-41-21-11-10-19-13-22-28(35-23(19)15-21)42-26-16-37(24(17-38)18(26)2)29(39)27(31(3,4)5)36-30(40)43-25-14-20(25)9-7-8-12-32(22,33)34/h10-11,13,15,17-18,20,24-27H,6-9,12,14,16H2,1-5H3,(H,36,40)/t18-,20+,24+,25+,26-,27+/m0/s1. The minimum absolute atomic E-state index is 0.0405. The predicted molar refractivity (Wildman–Crippen MR) is 155 cm³/mol. The molecule has 3 heterocycles. The van der Waals surface area contributed by atoms with Crippen LogP contribution in [0, 0.1) is 17.3 Å². The zero-order chi connectivity index (χ0) is 31.1. The van der Waals surface area contributed by atoms with Gasteiger partial charge in [0.05, 0.1) is 30.3 Å². The van der Waals surface area contributed by atoms with Gasteiger partial charge in [-0.15, -0.1) is 0 Å². The van der Waals surface area contributed by atoms with Crippen LogP contribution in [0.25, 0.3) is 10.9 Å². The number of aldehydes is 1. The second-order valence-corrected chi connectivity index (χ2v) is 13.1. The summed E-state index contributed by atoms with van der Waals surface area (Å²) in [7, 11) is 0. The molecule has 1 N–H and O–H groups in total. The number of nitrogens with zero attached hydrogens (tertiary/aromatic N) is 2. The molecule has 5 rings (SSSR count). The number of hydrogen-bond donors (Lipinski definition) is 1. The van der Waals surface area contributed by atoms with E-state index in [1.807, 2.05) is 27.7 Å². The second kappa shape index (κ2) is 11.9. The van der Waals surface area contributed by atoms with Crippen molar-refractivity contribution in [1.82, 2.24) is 15.2 Å². The lowest BCUT2D eigenvalue weighted by molar-refractivity contribution is -0.139. The van der Waals surface area contributed by atoms with E-state index in [1.54, 1.807) is 25.1 Å². The Morgan fingerprint density at radius 2 is 1.93 bits per heavy atom. The number of aromatic nitrogens is 1. The number of alkyl carbamates (subject to hydrolysis) is 1. The third-order valence-corrected chi connectivity index (χ3v) is 8.81. The van der Waals surface area contributed by atoms with Crippen molar-refractivity contribution in [2.75, 3.05) is 13.2 Å². The van der Waals surface area contributed by atoms with Gasteiger partial charge in [0.15, 0.2) is 0 Å². The van der Waals surface area contributed by atoms with Gasteiger partial charge in [-0.25, -0.2) is 18.6 Å². The van der Waals surface area contributed by atoms with E-state index >= 15 is 8.78 Å². The Morgan fingerprint density at radius 1 is 1.16 bits per heavy atom. The van der Waals surface area contributed by atoms with Crippen LogP contribution in [-0.2, 0) is 20.2 Å². The maximum atomic E-state index is 15.9. The number of nitrogens with one attached hydrogen (secondary N) is 1. The number of halogens is 2. The Bertz CT molecular complexity index is 1380. The second-order valence-electron chi connectivity index (χ2n) is 13.1. The van der Waals surface area contributed by atoms with Crippen LogP contribution in [-0.4, -0.2) is 65.6 Å². The number of benzene rings is 1. The molecule has 0 spiro atoms. The van der Waals surface area contributed by atoms with Gasteiger partial charge in [0.1, 0.15) is 30.3 Å². The van der Waals surface area contributed by atoms with Crippen LogP contribution in [0.1, 0.15) is 72.3 Å². The third kappa shape index (κ3) is 6.55. The first-order chi connectivity index (χ1) is 20.3. The van der Waals surface area contributed by atoms with Crippen molar-refractivity contribution in [2.24, 2.45) is 17.3 Å². The Kier molecular flexibility index (Phi) is 8.55. The summed E-state index contributed by atoms with van der Waals surface area (Å²) in [6.45, 7) is 9.43. The lowest BCUT2D eigenvalue weighted by Crippen LogP contribution is -2.56. The minimum atomic E-state index is -3.24. The molecule has 1 aromatic heterocycles. The summed E-state index contributed by atoms with van der Waals surface area (Å²) in [6.07, 6.45) is 0.594. The van der Waals surface area contributed by atoms with Gasteiger partial charge < -0.3 is 29.2 Å². The third-order valence-electron chi connectivity index (χ3n) is 8.81. The molecule has 0 unspecified atom stereocenters. The molecule has 234 valence electrons. The Labute approximate surface area is 250 Å². The number of pyridine rings is 1. The molecule has 43 heavy (non-hydrogen) atoms. The normalized spacial score (nSPS) is 29.7. The highest BCUT2D eigenvalue weighted by atomic mass is 19.3. The van der Waals surface area contributed by atoms with E-state index < -0.39 is 53.9 Å². The quantitative estimate of drug-likeness (QED) is 0.455. The van der Waals surface area contributed by atoms with Gasteiger partial charge in [-0.2, -0.15) is 0 Å². The lowest BCUT2D eigenvalue weighted by atomic mass is 9.85. The van der Waals surface area contributed by atoms with Crippen molar-refractivity contribution in [2.45, 2.75) is 96.9 Å². The van der Waals surface area contributed by atoms with E-state index in [0.29, 0.717) is 48.8 Å². The van der Waals surface area contributed by atoms with Gasteiger partial charge >= 0.3 is 6.09 Å². The molecule has 1 aliphatic carbocycles. The average Bonchev–Trinajstić information content (AvgIpc) is 3.60. The van der Waals surface area contributed by atoms with Gasteiger partial charge in [-0.05, 0) is 55.7 Å². The number of alkyl halides is 2. The largest absolute Gasteiger partial charge is 0.494 e. The van der Waals surface area contributed by atoms with E-state index in [0.717, 1.165) is 0 Å². The van der Waals surface area contributed by atoms with Gasteiger partial charge in [-0.1, -0.05) is 34.1 Å². The van der Waals surface area contributed by atoms with E-state index in [1.165, 1.54) is 11.0 Å². The molecule has 2 amide bonds. The summed E-state index contributed by atoms with van der Waals surface area (Å²) in [4.78, 5) is 44.9. The van der Waals surface area contributed by atoms with Crippen LogP contribution in [0.15, 0.2) is 24.3 Å².